The molecule has 0 bridgehead atoms. The van der Waals surface area contributed by atoms with E-state index in [0.717, 1.165) is 12.5 Å². The highest BCUT2D eigenvalue weighted by Crippen LogP contribution is 2.58. The molecule has 11 heavy (non-hydrogen) atoms. The molecule has 1 aliphatic heterocycles. The first kappa shape index (κ1) is 7.56. The van der Waals surface area contributed by atoms with Crippen molar-refractivity contribution in [3.05, 3.63) is 0 Å². The van der Waals surface area contributed by atoms with Crippen molar-refractivity contribution in [1.82, 2.24) is 5.32 Å². The summed E-state index contributed by atoms with van der Waals surface area (Å²) in [6.07, 6.45) is 4.17. The summed E-state index contributed by atoms with van der Waals surface area (Å²) >= 11 is 0. The Morgan fingerprint density at radius 3 is 2.82 bits per heavy atom. The molecule has 1 heterocycles. The summed E-state index contributed by atoms with van der Waals surface area (Å²) in [5, 5.41) is 3.40. The predicted molar refractivity (Wildman–Crippen MR) is 44.5 cm³/mol. The maximum Gasteiger partial charge on any atom is 0.0496 e. The monoisotopic (exact) mass is 155 g/mol. The van der Waals surface area contributed by atoms with Gasteiger partial charge in [-0.1, -0.05) is 0 Å². The highest BCUT2D eigenvalue weighted by molar-refractivity contribution is 5.04. The zero-order valence-corrected chi connectivity index (χ0v) is 7.23. The summed E-state index contributed by atoms with van der Waals surface area (Å²) in [4.78, 5) is 0. The molecule has 1 aliphatic carbocycles. The van der Waals surface area contributed by atoms with E-state index < -0.39 is 0 Å². The third kappa shape index (κ3) is 1.30. The lowest BCUT2D eigenvalue weighted by molar-refractivity contribution is 0.162. The lowest BCUT2D eigenvalue weighted by atomic mass is 9.92. The van der Waals surface area contributed by atoms with E-state index in [2.05, 4.69) is 5.32 Å². The molecule has 1 atom stereocenters. The number of ether oxygens (including phenoxy) is 1. The Labute approximate surface area is 68.3 Å². The zero-order chi connectivity index (χ0) is 7.73. The van der Waals surface area contributed by atoms with Crippen molar-refractivity contribution >= 4 is 0 Å². The lowest BCUT2D eigenvalue weighted by Gasteiger charge is -2.23. The van der Waals surface area contributed by atoms with Gasteiger partial charge < -0.3 is 10.1 Å². The van der Waals surface area contributed by atoms with Crippen molar-refractivity contribution in [2.75, 3.05) is 26.8 Å². The second kappa shape index (κ2) is 2.76. The van der Waals surface area contributed by atoms with Crippen LogP contribution in [0.4, 0.5) is 0 Å². The molecule has 1 N–H and O–H groups in total. The van der Waals surface area contributed by atoms with E-state index >= 15 is 0 Å². The number of hydrogen-bond donors (Lipinski definition) is 1. The molecule has 0 amide bonds. The second-order valence-electron chi connectivity index (χ2n) is 3.97. The highest BCUT2D eigenvalue weighted by atomic mass is 16.5. The molecule has 1 spiro atoms. The molecule has 1 saturated heterocycles. The highest BCUT2D eigenvalue weighted by Gasteiger charge is 2.53. The molecule has 0 aromatic heterocycles. The maximum atomic E-state index is 5.17. The van der Waals surface area contributed by atoms with Crippen LogP contribution in [0.25, 0.3) is 0 Å². The molecule has 0 unspecified atom stereocenters. The van der Waals surface area contributed by atoms with Crippen LogP contribution in [0.1, 0.15) is 19.3 Å². The molecule has 64 valence electrons. The number of methoxy groups -OCH3 is 1. The Hall–Kier alpha value is -0.0800. The normalized spacial score (nSPS) is 34.1. The smallest absolute Gasteiger partial charge is 0.0496 e. The van der Waals surface area contributed by atoms with Crippen LogP contribution in [-0.2, 0) is 4.74 Å². The number of nitrogens with one attached hydrogen (secondary N) is 1. The molecule has 0 radical (unpaired) electrons. The number of hydrogen-bond acceptors (Lipinski definition) is 2. The van der Waals surface area contributed by atoms with Gasteiger partial charge >= 0.3 is 0 Å². The van der Waals surface area contributed by atoms with Crippen molar-refractivity contribution in [3.8, 4) is 0 Å². The number of piperidine rings is 1. The summed E-state index contributed by atoms with van der Waals surface area (Å²) in [5.74, 6) is 0.884. The van der Waals surface area contributed by atoms with Crippen molar-refractivity contribution in [2.24, 2.45) is 11.3 Å². The van der Waals surface area contributed by atoms with E-state index in [1.165, 1.54) is 32.4 Å². The van der Waals surface area contributed by atoms with E-state index in [0.29, 0.717) is 5.41 Å². The van der Waals surface area contributed by atoms with Crippen molar-refractivity contribution < 1.29 is 4.74 Å². The first-order chi connectivity index (χ1) is 5.37. The van der Waals surface area contributed by atoms with Crippen LogP contribution in [0.5, 0.6) is 0 Å². The van der Waals surface area contributed by atoms with Gasteiger partial charge in [0.25, 0.3) is 0 Å². The maximum absolute atomic E-state index is 5.17. The van der Waals surface area contributed by atoms with Crippen LogP contribution in [-0.4, -0.2) is 26.8 Å². The molecule has 2 rings (SSSR count). The van der Waals surface area contributed by atoms with Crippen LogP contribution in [0.3, 0.4) is 0 Å². The zero-order valence-electron chi connectivity index (χ0n) is 7.23. The molecule has 2 aliphatic rings. The summed E-state index contributed by atoms with van der Waals surface area (Å²) in [7, 11) is 1.81. The Balaban J connectivity index is 1.84. The van der Waals surface area contributed by atoms with Crippen LogP contribution < -0.4 is 5.32 Å². The largest absolute Gasteiger partial charge is 0.384 e. The van der Waals surface area contributed by atoms with Crippen LogP contribution in [0, 0.1) is 11.3 Å². The summed E-state index contributed by atoms with van der Waals surface area (Å²) < 4.78 is 5.17. The summed E-state index contributed by atoms with van der Waals surface area (Å²) in [5.41, 5.74) is 0.710. The minimum atomic E-state index is 0.710. The van der Waals surface area contributed by atoms with Gasteiger partial charge in [0, 0.05) is 13.7 Å². The first-order valence-electron chi connectivity index (χ1n) is 4.57. The van der Waals surface area contributed by atoms with Crippen molar-refractivity contribution in [2.45, 2.75) is 19.3 Å². The molecule has 0 aromatic carbocycles. The summed E-state index contributed by atoms with van der Waals surface area (Å²) in [6.45, 7) is 3.43. The number of rotatable bonds is 2. The topological polar surface area (TPSA) is 21.3 Å². The molecule has 2 fully saturated rings. The van der Waals surface area contributed by atoms with Gasteiger partial charge in [0.1, 0.15) is 0 Å². The fraction of sp³-hybridized carbons (Fsp3) is 1.00. The van der Waals surface area contributed by atoms with Gasteiger partial charge in [-0.25, -0.2) is 0 Å². The summed E-state index contributed by atoms with van der Waals surface area (Å²) in [6, 6.07) is 0. The molecule has 0 aromatic rings. The quantitative estimate of drug-likeness (QED) is 0.643. The van der Waals surface area contributed by atoms with Crippen LogP contribution in [0.15, 0.2) is 0 Å². The van der Waals surface area contributed by atoms with E-state index in [1.54, 1.807) is 0 Å². The molecular weight excluding hydrogens is 138 g/mol. The van der Waals surface area contributed by atoms with Gasteiger partial charge in [-0.05, 0) is 43.7 Å². The Kier molecular flexibility index (Phi) is 1.90. The molecule has 2 nitrogen and oxygen atoms in total. The van der Waals surface area contributed by atoms with Crippen LogP contribution in [0.2, 0.25) is 0 Å². The first-order valence-corrected chi connectivity index (χ1v) is 4.57. The van der Waals surface area contributed by atoms with Crippen LogP contribution >= 0.6 is 0 Å². The lowest BCUT2D eigenvalue weighted by Crippen LogP contribution is -2.30. The Bertz CT molecular complexity index is 140. The minimum Gasteiger partial charge on any atom is -0.384 e. The minimum absolute atomic E-state index is 0.710. The molecular formula is C9H17NO. The van der Waals surface area contributed by atoms with E-state index in [4.69, 9.17) is 4.74 Å². The van der Waals surface area contributed by atoms with Crippen molar-refractivity contribution in [1.29, 1.82) is 0 Å². The van der Waals surface area contributed by atoms with Gasteiger partial charge in [-0.3, -0.25) is 0 Å². The average molecular weight is 155 g/mol. The molecule has 1 saturated carbocycles. The second-order valence-corrected chi connectivity index (χ2v) is 3.97. The third-order valence-corrected chi connectivity index (χ3v) is 3.33. The van der Waals surface area contributed by atoms with Crippen molar-refractivity contribution in [3.63, 3.8) is 0 Å². The van der Waals surface area contributed by atoms with Gasteiger partial charge in [-0.2, -0.15) is 0 Å². The Morgan fingerprint density at radius 1 is 1.45 bits per heavy atom. The van der Waals surface area contributed by atoms with E-state index in [9.17, 15) is 0 Å². The third-order valence-electron chi connectivity index (χ3n) is 3.33. The predicted octanol–water partition coefficient (Wildman–Crippen LogP) is 1.02. The van der Waals surface area contributed by atoms with Gasteiger partial charge in [0.05, 0.1) is 0 Å². The van der Waals surface area contributed by atoms with Gasteiger partial charge in [0.2, 0.25) is 0 Å². The van der Waals surface area contributed by atoms with E-state index in [-0.39, 0.29) is 0 Å². The van der Waals surface area contributed by atoms with Gasteiger partial charge in [-0.15, -0.1) is 0 Å². The standard InChI is InChI=1S/C9H17NO/c1-11-7-8-6-9(8)2-4-10-5-3-9/h8,10H,2-7H2,1H3/t8-/m1/s1. The average Bonchev–Trinajstić information content (AvgIpc) is 2.66. The fourth-order valence-electron chi connectivity index (χ4n) is 2.41. The fourth-order valence-corrected chi connectivity index (χ4v) is 2.41. The van der Waals surface area contributed by atoms with Gasteiger partial charge in [0.15, 0.2) is 0 Å². The Morgan fingerprint density at radius 2 is 2.18 bits per heavy atom. The van der Waals surface area contributed by atoms with E-state index in [1.807, 2.05) is 7.11 Å². The molecule has 2 heteroatoms. The SMILES string of the molecule is COC[C@H]1CC12CCNCC2.